The second-order valence-corrected chi connectivity index (χ2v) is 9.20. The van der Waals surface area contributed by atoms with Gasteiger partial charge in [-0.15, -0.1) is 12.8 Å². The molecule has 37 heavy (non-hydrogen) atoms. The summed E-state index contributed by atoms with van der Waals surface area (Å²) in [7, 11) is 0. The lowest BCUT2D eigenvalue weighted by Crippen LogP contribution is -2.18. The molecule has 0 radical (unpaired) electrons. The molecule has 4 aromatic rings. The predicted octanol–water partition coefficient (Wildman–Crippen LogP) is 5.65. The van der Waals surface area contributed by atoms with E-state index in [9.17, 15) is 20.4 Å². The average Bonchev–Trinajstić information content (AvgIpc) is 3.39. The van der Waals surface area contributed by atoms with Crippen molar-refractivity contribution in [2.75, 3.05) is 0 Å². The molecule has 0 saturated heterocycles. The van der Waals surface area contributed by atoms with E-state index in [1.165, 1.54) is 0 Å². The maximum atomic E-state index is 10.5. The van der Waals surface area contributed by atoms with Crippen LogP contribution in [0, 0.1) is 24.7 Å². The lowest BCUT2D eigenvalue weighted by molar-refractivity contribution is 0.401. The molecule has 0 amide bonds. The van der Waals surface area contributed by atoms with Crippen molar-refractivity contribution in [3.8, 4) is 47.7 Å². The molecule has 6 rings (SSSR count). The Morgan fingerprint density at radius 1 is 0.514 bits per heavy atom. The molecule has 4 N–H and O–H groups in total. The third kappa shape index (κ3) is 3.21. The van der Waals surface area contributed by atoms with Gasteiger partial charge in [0.2, 0.25) is 0 Å². The first-order valence-corrected chi connectivity index (χ1v) is 11.6. The molecule has 2 aliphatic carbocycles. The molecule has 0 aromatic heterocycles. The highest BCUT2D eigenvalue weighted by Gasteiger charge is 2.45. The molecule has 0 saturated carbocycles. The minimum absolute atomic E-state index is 0.234. The van der Waals surface area contributed by atoms with Crippen molar-refractivity contribution in [1.82, 2.24) is 0 Å². The number of aromatic hydroxyl groups is 4. The smallest absolute Gasteiger partial charge is 0.158 e. The van der Waals surface area contributed by atoms with Crippen molar-refractivity contribution in [2.24, 2.45) is 0 Å². The van der Waals surface area contributed by atoms with E-state index in [0.717, 1.165) is 55.7 Å². The predicted molar refractivity (Wildman–Crippen MR) is 143 cm³/mol. The van der Waals surface area contributed by atoms with Crippen LogP contribution in [0.25, 0.3) is 11.1 Å². The number of hydrogen-bond donors (Lipinski definition) is 4. The molecule has 4 aromatic carbocycles. The molecule has 0 unspecified atom stereocenters. The molecule has 1 spiro atoms. The zero-order chi connectivity index (χ0) is 25.9. The highest BCUT2D eigenvalue weighted by atomic mass is 16.3. The summed E-state index contributed by atoms with van der Waals surface area (Å²) in [5.74, 6) is 4.27. The monoisotopic (exact) mass is 480 g/mol. The maximum absolute atomic E-state index is 10.5. The summed E-state index contributed by atoms with van der Waals surface area (Å²) in [6.07, 6.45) is 15.2. The fourth-order valence-electron chi connectivity index (χ4n) is 5.36. The molecular formula is C33H20O4. The Hall–Kier alpha value is -5.32. The van der Waals surface area contributed by atoms with E-state index in [4.69, 9.17) is 12.8 Å². The van der Waals surface area contributed by atoms with E-state index in [-0.39, 0.29) is 23.0 Å². The standard InChI is InChI=1S/C33H20O4/c1-3-19-5-9-21(10-6-19)25-17-33(27-15-31(36)29(34)13-23(25)27)18-26(22-11-7-20(4-2)8-12-22)24-14-30(35)32(37)16-28(24)33/h1-2,5-18,34-37H. The van der Waals surface area contributed by atoms with Gasteiger partial charge in [-0.05, 0) is 93.1 Å². The molecule has 0 bridgehead atoms. The van der Waals surface area contributed by atoms with Gasteiger partial charge in [-0.3, -0.25) is 0 Å². The van der Waals surface area contributed by atoms with Crippen LogP contribution in [0.15, 0.2) is 84.9 Å². The summed E-state index contributed by atoms with van der Waals surface area (Å²) in [6.45, 7) is 0. The fourth-order valence-corrected chi connectivity index (χ4v) is 5.36. The van der Waals surface area contributed by atoms with Crippen LogP contribution in [-0.4, -0.2) is 20.4 Å². The van der Waals surface area contributed by atoms with Gasteiger partial charge in [-0.25, -0.2) is 0 Å². The Balaban J connectivity index is 1.67. The van der Waals surface area contributed by atoms with E-state index in [0.29, 0.717) is 0 Å². The number of rotatable bonds is 2. The molecule has 4 nitrogen and oxygen atoms in total. The Morgan fingerprint density at radius 3 is 1.22 bits per heavy atom. The Morgan fingerprint density at radius 2 is 0.865 bits per heavy atom. The van der Waals surface area contributed by atoms with Gasteiger partial charge in [0.05, 0.1) is 5.41 Å². The van der Waals surface area contributed by atoms with Crippen molar-refractivity contribution in [1.29, 1.82) is 0 Å². The summed E-state index contributed by atoms with van der Waals surface area (Å²) < 4.78 is 0. The number of benzene rings is 4. The first kappa shape index (κ1) is 22.2. The van der Waals surface area contributed by atoms with Crippen LogP contribution in [0.5, 0.6) is 23.0 Å². The van der Waals surface area contributed by atoms with Crippen LogP contribution in [0.1, 0.15) is 44.5 Å². The maximum Gasteiger partial charge on any atom is 0.158 e. The molecule has 0 fully saturated rings. The summed E-state index contributed by atoms with van der Waals surface area (Å²) in [5, 5.41) is 41.8. The van der Waals surface area contributed by atoms with Gasteiger partial charge < -0.3 is 20.4 Å². The van der Waals surface area contributed by atoms with Crippen molar-refractivity contribution >= 4 is 11.1 Å². The van der Waals surface area contributed by atoms with Gasteiger partial charge >= 0.3 is 0 Å². The zero-order valence-corrected chi connectivity index (χ0v) is 19.5. The average molecular weight is 481 g/mol. The molecule has 176 valence electrons. The van der Waals surface area contributed by atoms with Crippen LogP contribution in [0.3, 0.4) is 0 Å². The van der Waals surface area contributed by atoms with Crippen molar-refractivity contribution in [3.63, 3.8) is 0 Å². The van der Waals surface area contributed by atoms with Gasteiger partial charge in [-0.2, -0.15) is 0 Å². The molecule has 0 atom stereocenters. The van der Waals surface area contributed by atoms with Gasteiger partial charge in [0, 0.05) is 11.1 Å². The number of terminal acetylenes is 2. The first-order chi connectivity index (χ1) is 17.8. The lowest BCUT2D eigenvalue weighted by Gasteiger charge is -2.24. The van der Waals surface area contributed by atoms with Crippen molar-refractivity contribution < 1.29 is 20.4 Å². The molecule has 0 heterocycles. The lowest BCUT2D eigenvalue weighted by atomic mass is 9.78. The summed E-state index contributed by atoms with van der Waals surface area (Å²) in [6, 6.07) is 21.3. The Kier molecular flexibility index (Phi) is 4.70. The zero-order valence-electron chi connectivity index (χ0n) is 19.5. The summed E-state index contributed by atoms with van der Waals surface area (Å²) in [5.41, 5.74) is 7.00. The van der Waals surface area contributed by atoms with E-state index in [2.05, 4.69) is 24.0 Å². The second-order valence-electron chi connectivity index (χ2n) is 9.20. The number of fused-ring (bicyclic) bond motifs is 4. The van der Waals surface area contributed by atoms with E-state index in [1.807, 2.05) is 48.5 Å². The van der Waals surface area contributed by atoms with Crippen LogP contribution in [0.4, 0.5) is 0 Å². The van der Waals surface area contributed by atoms with Gasteiger partial charge in [0.25, 0.3) is 0 Å². The molecule has 4 heteroatoms. The Labute approximate surface area is 214 Å². The first-order valence-electron chi connectivity index (χ1n) is 11.6. The second kappa shape index (κ2) is 7.85. The van der Waals surface area contributed by atoms with Gasteiger partial charge in [0.1, 0.15) is 0 Å². The third-order valence-electron chi connectivity index (χ3n) is 7.17. The number of allylic oxidation sites excluding steroid dienone is 2. The normalized spacial score (nSPS) is 14.3. The van der Waals surface area contributed by atoms with Crippen molar-refractivity contribution in [3.05, 3.63) is 129 Å². The minimum atomic E-state index is -0.888. The van der Waals surface area contributed by atoms with E-state index < -0.39 is 5.41 Å². The van der Waals surface area contributed by atoms with Crippen LogP contribution in [-0.2, 0) is 5.41 Å². The SMILES string of the molecule is C#Cc1ccc(C2=CC3(C=C(c4ccc(C#C)cc4)c4cc(O)c(O)cc43)c3cc(O)c(O)cc32)cc1. The highest BCUT2D eigenvalue weighted by Crippen LogP contribution is 2.57. The number of hydrogen-bond acceptors (Lipinski definition) is 4. The summed E-state index contributed by atoms with van der Waals surface area (Å²) >= 11 is 0. The summed E-state index contributed by atoms with van der Waals surface area (Å²) in [4.78, 5) is 0. The van der Waals surface area contributed by atoms with Gasteiger partial charge in [0.15, 0.2) is 23.0 Å². The minimum Gasteiger partial charge on any atom is -0.504 e. The number of phenols is 4. The van der Waals surface area contributed by atoms with Gasteiger partial charge in [-0.1, -0.05) is 48.3 Å². The molecular weight excluding hydrogens is 460 g/mol. The van der Waals surface area contributed by atoms with E-state index in [1.54, 1.807) is 24.3 Å². The Bertz CT molecular complexity index is 1620. The molecule has 0 aliphatic heterocycles. The third-order valence-corrected chi connectivity index (χ3v) is 7.17. The topological polar surface area (TPSA) is 80.9 Å². The van der Waals surface area contributed by atoms with Crippen LogP contribution >= 0.6 is 0 Å². The van der Waals surface area contributed by atoms with Crippen LogP contribution < -0.4 is 0 Å². The van der Waals surface area contributed by atoms with Crippen LogP contribution in [0.2, 0.25) is 0 Å². The van der Waals surface area contributed by atoms with E-state index >= 15 is 0 Å². The number of phenolic OH excluding ortho intramolecular Hbond substituents is 4. The largest absolute Gasteiger partial charge is 0.504 e. The fraction of sp³-hybridized carbons (Fsp3) is 0.0303. The highest BCUT2D eigenvalue weighted by molar-refractivity contribution is 5.97. The quantitative estimate of drug-likeness (QED) is 0.221. The molecule has 2 aliphatic rings. The van der Waals surface area contributed by atoms with Crippen molar-refractivity contribution in [2.45, 2.75) is 5.41 Å².